The van der Waals surface area contributed by atoms with Gasteiger partial charge in [-0.1, -0.05) is 36.4 Å². The largest absolute Gasteiger partial charge is 0.508 e. The molecule has 0 bridgehead atoms. The number of hydrogen-bond acceptors (Lipinski definition) is 4. The predicted octanol–water partition coefficient (Wildman–Crippen LogP) is 3.19. The Morgan fingerprint density at radius 1 is 1.07 bits per heavy atom. The zero-order valence-corrected chi connectivity index (χ0v) is 16.9. The van der Waals surface area contributed by atoms with E-state index in [2.05, 4.69) is 10.6 Å². The summed E-state index contributed by atoms with van der Waals surface area (Å²) in [7, 11) is 3.13. The molecule has 0 saturated heterocycles. The number of phenolic OH excluding ortho intramolecular Hbond substituents is 1. The Kier molecular flexibility index (Phi) is 5.08. The molecule has 1 aliphatic rings. The molecule has 0 aliphatic heterocycles. The van der Waals surface area contributed by atoms with Gasteiger partial charge in [0, 0.05) is 7.05 Å². The number of amides is 2. The minimum atomic E-state index is -0.921. The molecule has 4 rings (SSSR count). The molecule has 2 amide bonds. The van der Waals surface area contributed by atoms with Gasteiger partial charge in [0.2, 0.25) is 11.8 Å². The molecule has 1 saturated carbocycles. The highest BCUT2D eigenvalue weighted by atomic mass is 16.5. The van der Waals surface area contributed by atoms with Gasteiger partial charge < -0.3 is 20.5 Å². The van der Waals surface area contributed by atoms with E-state index < -0.39 is 11.5 Å². The lowest BCUT2D eigenvalue weighted by Crippen LogP contribution is -2.43. The highest BCUT2D eigenvalue weighted by Crippen LogP contribution is 2.49. The molecule has 30 heavy (non-hydrogen) atoms. The second kappa shape index (κ2) is 7.71. The first-order valence-electron chi connectivity index (χ1n) is 9.87. The predicted molar refractivity (Wildman–Crippen MR) is 114 cm³/mol. The SMILES string of the molecule is CNC(=O)C(NC(=O)C1(c2ccc(OC)cc2)CC1)c1cc(O)cc2ccccc12. The van der Waals surface area contributed by atoms with Crippen molar-refractivity contribution in [3.8, 4) is 11.5 Å². The van der Waals surface area contributed by atoms with E-state index in [-0.39, 0.29) is 17.6 Å². The number of methoxy groups -OCH3 is 1. The molecule has 0 spiro atoms. The fourth-order valence-electron chi connectivity index (χ4n) is 3.94. The van der Waals surface area contributed by atoms with Crippen LogP contribution in [0, 0.1) is 0 Å². The topological polar surface area (TPSA) is 87.7 Å². The van der Waals surface area contributed by atoms with Gasteiger partial charge in [0.1, 0.15) is 17.5 Å². The number of phenols is 1. The molecule has 1 aliphatic carbocycles. The number of benzene rings is 3. The standard InChI is InChI=1S/C24H24N2O4/c1-25-22(28)21(20-14-17(27)13-15-5-3-4-6-19(15)20)26-23(29)24(11-12-24)16-7-9-18(30-2)10-8-16/h3-10,13-14,21,27H,11-12H2,1-2H3,(H,25,28)(H,26,29). The molecule has 1 unspecified atom stereocenters. The van der Waals surface area contributed by atoms with Crippen LogP contribution >= 0.6 is 0 Å². The second-order valence-electron chi connectivity index (χ2n) is 7.59. The quantitative estimate of drug-likeness (QED) is 0.589. The lowest BCUT2D eigenvalue weighted by Gasteiger charge is -2.23. The molecule has 0 heterocycles. The summed E-state index contributed by atoms with van der Waals surface area (Å²) in [6.45, 7) is 0. The van der Waals surface area contributed by atoms with Crippen LogP contribution < -0.4 is 15.4 Å². The minimum Gasteiger partial charge on any atom is -0.508 e. The van der Waals surface area contributed by atoms with Gasteiger partial charge in [-0.2, -0.15) is 0 Å². The number of aromatic hydroxyl groups is 1. The molecule has 0 radical (unpaired) electrons. The van der Waals surface area contributed by atoms with Crippen molar-refractivity contribution in [2.45, 2.75) is 24.3 Å². The molecule has 6 heteroatoms. The zero-order valence-electron chi connectivity index (χ0n) is 16.9. The first-order chi connectivity index (χ1) is 14.5. The maximum Gasteiger partial charge on any atom is 0.247 e. The second-order valence-corrected chi connectivity index (χ2v) is 7.59. The summed E-state index contributed by atoms with van der Waals surface area (Å²) in [5.41, 5.74) is 0.812. The number of likely N-dealkylation sites (N-methyl/N-ethyl adjacent to an activating group) is 1. The Bertz CT molecular complexity index is 1100. The molecule has 6 nitrogen and oxygen atoms in total. The van der Waals surface area contributed by atoms with Gasteiger partial charge in [0.25, 0.3) is 0 Å². The average molecular weight is 404 g/mol. The van der Waals surface area contributed by atoms with Crippen molar-refractivity contribution in [1.82, 2.24) is 10.6 Å². The summed E-state index contributed by atoms with van der Waals surface area (Å²) in [6.07, 6.45) is 1.43. The Morgan fingerprint density at radius 3 is 2.40 bits per heavy atom. The van der Waals surface area contributed by atoms with E-state index in [0.29, 0.717) is 18.4 Å². The van der Waals surface area contributed by atoms with E-state index in [1.165, 1.54) is 13.1 Å². The minimum absolute atomic E-state index is 0.0446. The smallest absolute Gasteiger partial charge is 0.247 e. The van der Waals surface area contributed by atoms with E-state index in [9.17, 15) is 14.7 Å². The fourth-order valence-corrected chi connectivity index (χ4v) is 3.94. The van der Waals surface area contributed by atoms with Crippen LogP contribution in [-0.4, -0.2) is 31.1 Å². The van der Waals surface area contributed by atoms with E-state index in [0.717, 1.165) is 22.1 Å². The first kappa shape index (κ1) is 19.8. The molecule has 1 fully saturated rings. The third-order valence-corrected chi connectivity index (χ3v) is 5.80. The van der Waals surface area contributed by atoms with Gasteiger partial charge in [-0.05, 0) is 59.0 Å². The molecule has 3 aromatic carbocycles. The fraction of sp³-hybridized carbons (Fsp3) is 0.250. The lowest BCUT2D eigenvalue weighted by molar-refractivity contribution is -0.130. The molecule has 154 valence electrons. The maximum absolute atomic E-state index is 13.3. The van der Waals surface area contributed by atoms with Gasteiger partial charge in [-0.25, -0.2) is 0 Å². The van der Waals surface area contributed by atoms with Gasteiger partial charge in [-0.3, -0.25) is 9.59 Å². The van der Waals surface area contributed by atoms with Crippen molar-refractivity contribution < 1.29 is 19.4 Å². The highest BCUT2D eigenvalue weighted by Gasteiger charge is 2.52. The van der Waals surface area contributed by atoms with Crippen molar-refractivity contribution in [3.63, 3.8) is 0 Å². The molecule has 3 aromatic rings. The van der Waals surface area contributed by atoms with E-state index in [1.54, 1.807) is 13.2 Å². The number of fused-ring (bicyclic) bond motifs is 1. The Labute approximate surface area is 174 Å². The zero-order chi connectivity index (χ0) is 21.3. The van der Waals surface area contributed by atoms with Crippen molar-refractivity contribution in [2.24, 2.45) is 0 Å². The maximum atomic E-state index is 13.3. The van der Waals surface area contributed by atoms with E-state index in [1.807, 2.05) is 48.5 Å². The molecule has 3 N–H and O–H groups in total. The van der Waals surface area contributed by atoms with Crippen LogP contribution in [0.3, 0.4) is 0 Å². The van der Waals surface area contributed by atoms with Crippen LogP contribution in [0.1, 0.15) is 30.0 Å². The third-order valence-electron chi connectivity index (χ3n) is 5.80. The summed E-state index contributed by atoms with van der Waals surface area (Å²) >= 11 is 0. The van der Waals surface area contributed by atoms with Crippen molar-refractivity contribution >= 4 is 22.6 Å². The van der Waals surface area contributed by atoms with E-state index >= 15 is 0 Å². The highest BCUT2D eigenvalue weighted by molar-refractivity contribution is 5.98. The normalized spacial score (nSPS) is 15.3. The van der Waals surface area contributed by atoms with Crippen LogP contribution in [0.25, 0.3) is 10.8 Å². The summed E-state index contributed by atoms with van der Waals surface area (Å²) < 4.78 is 5.21. The Hall–Kier alpha value is -3.54. The number of nitrogens with one attached hydrogen (secondary N) is 2. The number of hydrogen-bond donors (Lipinski definition) is 3. The van der Waals surface area contributed by atoms with Crippen LogP contribution in [0.2, 0.25) is 0 Å². The van der Waals surface area contributed by atoms with E-state index in [4.69, 9.17) is 4.74 Å². The molecular formula is C24H24N2O4. The Morgan fingerprint density at radius 2 is 1.77 bits per heavy atom. The summed E-state index contributed by atoms with van der Waals surface area (Å²) in [5, 5.41) is 17.4. The Balaban J connectivity index is 1.69. The van der Waals surface area contributed by atoms with Gasteiger partial charge in [-0.15, -0.1) is 0 Å². The summed E-state index contributed by atoms with van der Waals surface area (Å²) in [4.78, 5) is 26.1. The van der Waals surface area contributed by atoms with Crippen LogP contribution in [0.4, 0.5) is 0 Å². The first-order valence-corrected chi connectivity index (χ1v) is 9.87. The molecule has 1 atom stereocenters. The monoisotopic (exact) mass is 404 g/mol. The molecule has 0 aromatic heterocycles. The van der Waals surface area contributed by atoms with Crippen molar-refractivity contribution in [2.75, 3.05) is 14.2 Å². The van der Waals surface area contributed by atoms with Crippen LogP contribution in [0.15, 0.2) is 60.7 Å². The number of ether oxygens (including phenoxy) is 1. The van der Waals surface area contributed by atoms with Crippen molar-refractivity contribution in [3.05, 3.63) is 71.8 Å². The van der Waals surface area contributed by atoms with Gasteiger partial charge in [0.05, 0.1) is 12.5 Å². The van der Waals surface area contributed by atoms with Crippen molar-refractivity contribution in [1.29, 1.82) is 0 Å². The summed E-state index contributed by atoms with van der Waals surface area (Å²) in [6, 6.07) is 17.2. The molecular weight excluding hydrogens is 380 g/mol. The third kappa shape index (κ3) is 3.45. The number of carbonyl (C=O) groups excluding carboxylic acids is 2. The van der Waals surface area contributed by atoms with Gasteiger partial charge >= 0.3 is 0 Å². The van der Waals surface area contributed by atoms with Gasteiger partial charge in [0.15, 0.2) is 0 Å². The lowest BCUT2D eigenvalue weighted by atomic mass is 9.92. The summed E-state index contributed by atoms with van der Waals surface area (Å²) in [5.74, 6) is 0.228. The van der Waals surface area contributed by atoms with Crippen LogP contribution in [-0.2, 0) is 15.0 Å². The average Bonchev–Trinajstić information content (AvgIpc) is 3.58. The number of rotatable bonds is 6. The number of carbonyl (C=O) groups is 2. The van der Waals surface area contributed by atoms with Crippen LogP contribution in [0.5, 0.6) is 11.5 Å².